The summed E-state index contributed by atoms with van der Waals surface area (Å²) in [7, 11) is 0. The Morgan fingerprint density at radius 1 is 1.32 bits per heavy atom. The lowest BCUT2D eigenvalue weighted by molar-refractivity contribution is -0.0898. The van der Waals surface area contributed by atoms with Crippen LogP contribution in [0.25, 0.3) is 0 Å². The summed E-state index contributed by atoms with van der Waals surface area (Å²) in [6.45, 7) is 4.66. The molecule has 2 fully saturated rings. The van der Waals surface area contributed by atoms with Crippen LogP contribution in [0.15, 0.2) is 28.4 Å². The van der Waals surface area contributed by atoms with E-state index in [4.69, 9.17) is 0 Å². The number of aromatic hydroxyl groups is 1. The van der Waals surface area contributed by atoms with Crippen LogP contribution in [0.3, 0.4) is 0 Å². The summed E-state index contributed by atoms with van der Waals surface area (Å²) >= 11 is 2.25. The molecule has 0 bridgehead atoms. The van der Waals surface area contributed by atoms with E-state index in [1.807, 2.05) is 16.2 Å². The zero-order valence-corrected chi connectivity index (χ0v) is 17.4. The highest BCUT2D eigenvalue weighted by atomic mass is 125. The summed E-state index contributed by atoms with van der Waals surface area (Å²) < 4.78 is 2.01. The van der Waals surface area contributed by atoms with Crippen molar-refractivity contribution in [3.05, 3.63) is 39.5 Å². The highest BCUT2D eigenvalue weighted by molar-refractivity contribution is 14.1. The minimum Gasteiger partial charge on any atom is -0.508 e. The molecule has 6 atom stereocenters. The van der Waals surface area contributed by atoms with E-state index in [0.29, 0.717) is 29.4 Å². The summed E-state index contributed by atoms with van der Waals surface area (Å²) in [5.41, 5.74) is 2.17. The minimum absolute atomic E-state index is 0.00899. The Bertz CT molecular complexity index is 699. The van der Waals surface area contributed by atoms with Crippen molar-refractivity contribution in [3.63, 3.8) is 0 Å². The highest BCUT2D eigenvalue weighted by Gasteiger charge is 2.62. The van der Waals surface area contributed by atoms with Crippen molar-refractivity contribution in [1.82, 2.24) is 0 Å². The van der Waals surface area contributed by atoms with Crippen molar-refractivity contribution in [2.24, 2.45) is 23.2 Å². The van der Waals surface area contributed by atoms with Gasteiger partial charge in [-0.2, -0.15) is 0 Å². The van der Waals surface area contributed by atoms with Gasteiger partial charge in [0.2, 0.25) is 0 Å². The molecule has 0 amide bonds. The van der Waals surface area contributed by atoms with Crippen LogP contribution in [0.2, 0.25) is 0 Å². The van der Waals surface area contributed by atoms with Crippen LogP contribution in [0.5, 0.6) is 5.75 Å². The van der Waals surface area contributed by atoms with Crippen LogP contribution in [0, 0.1) is 23.2 Å². The first-order valence-electron chi connectivity index (χ1n) is 9.75. The molecule has 3 heteroatoms. The van der Waals surface area contributed by atoms with Gasteiger partial charge in [-0.3, -0.25) is 0 Å². The normalized spacial score (nSPS) is 42.9. The Labute approximate surface area is 164 Å². The molecule has 0 heterocycles. The number of benzene rings is 1. The summed E-state index contributed by atoms with van der Waals surface area (Å²) in [6.07, 6.45) is 8.63. The second-order valence-corrected chi connectivity index (χ2v) is 9.48. The average molecular weight is 450 g/mol. The maximum atomic E-state index is 11.5. The fraction of sp³-hybridized carbons (Fsp3) is 0.636. The lowest BCUT2D eigenvalue weighted by atomic mass is 9.49. The number of hydrogen-bond donors (Lipinski definition) is 2. The lowest BCUT2D eigenvalue weighted by Gasteiger charge is -2.56. The quantitative estimate of drug-likeness (QED) is 0.579. The van der Waals surface area contributed by atoms with Crippen LogP contribution in [0.1, 0.15) is 63.0 Å². The standard InChI is InChI=1S/C22H29IO2/c1-3-14-13-21(2)19(8-9-22(21,25)10-11-23)18-6-4-15-12-16(24)5-7-17(15)20(14)18/h5,7,10-12,14,18-20,24-25H,3-4,6,8-9,13H2,1-2H3/b11-10-/t14-,18-,19-,20+,21-,22+/m0/s1/i23-2. The molecule has 0 saturated heterocycles. The van der Waals surface area contributed by atoms with Gasteiger partial charge in [0, 0.05) is 5.41 Å². The van der Waals surface area contributed by atoms with Gasteiger partial charge in [0.15, 0.2) is 0 Å². The van der Waals surface area contributed by atoms with Crippen LogP contribution >= 0.6 is 22.6 Å². The Balaban J connectivity index is 1.78. The van der Waals surface area contributed by atoms with Crippen LogP contribution < -0.4 is 0 Å². The van der Waals surface area contributed by atoms with Crippen molar-refractivity contribution in [2.75, 3.05) is 0 Å². The summed E-state index contributed by atoms with van der Waals surface area (Å²) in [6, 6.07) is 6.03. The van der Waals surface area contributed by atoms with Gasteiger partial charge in [-0.1, -0.05) is 48.9 Å². The number of hydrogen-bond acceptors (Lipinski definition) is 2. The van der Waals surface area contributed by atoms with E-state index in [1.54, 1.807) is 0 Å². The molecule has 2 N–H and O–H groups in total. The van der Waals surface area contributed by atoms with E-state index in [-0.39, 0.29) is 5.41 Å². The topological polar surface area (TPSA) is 40.5 Å². The average Bonchev–Trinajstić information content (AvgIpc) is 2.85. The SMILES string of the molecule is CC[C@H]1C[C@@]2(C)[C@@H](CC[C@@]2(O)/C=C\[125I])[C@@H]2CCc3cc(O)ccc3[C@@H]12. The molecule has 136 valence electrons. The molecule has 0 aliphatic heterocycles. The van der Waals surface area contributed by atoms with E-state index >= 15 is 0 Å². The second kappa shape index (κ2) is 6.26. The molecule has 0 aromatic heterocycles. The molecule has 1 aromatic carbocycles. The van der Waals surface area contributed by atoms with Gasteiger partial charge in [-0.25, -0.2) is 0 Å². The Kier molecular flexibility index (Phi) is 4.47. The first-order chi connectivity index (χ1) is 11.9. The summed E-state index contributed by atoms with van der Waals surface area (Å²) in [5.74, 6) is 2.87. The molecule has 2 nitrogen and oxygen atoms in total. The van der Waals surface area contributed by atoms with Gasteiger partial charge in [0.05, 0.1) is 5.60 Å². The number of aryl methyl sites for hydroxylation is 1. The monoisotopic (exact) mass is 450 g/mol. The molecule has 2 saturated carbocycles. The second-order valence-electron chi connectivity index (χ2n) is 8.76. The highest BCUT2D eigenvalue weighted by Crippen LogP contribution is 2.66. The molecule has 0 radical (unpaired) electrons. The van der Waals surface area contributed by atoms with Crippen molar-refractivity contribution < 1.29 is 10.2 Å². The first-order valence-corrected chi connectivity index (χ1v) is 11.0. The smallest absolute Gasteiger partial charge is 0.115 e. The van der Waals surface area contributed by atoms with E-state index in [9.17, 15) is 10.2 Å². The molecule has 0 unspecified atom stereocenters. The number of halogens is 1. The third-order valence-corrected chi connectivity index (χ3v) is 8.27. The fourth-order valence-corrected chi connectivity index (χ4v) is 7.28. The Morgan fingerprint density at radius 2 is 2.12 bits per heavy atom. The predicted octanol–water partition coefficient (Wildman–Crippen LogP) is 5.56. The van der Waals surface area contributed by atoms with E-state index < -0.39 is 5.60 Å². The molecular weight excluding hydrogens is 421 g/mol. The molecule has 0 spiro atoms. The van der Waals surface area contributed by atoms with Gasteiger partial charge in [0.1, 0.15) is 5.75 Å². The third kappa shape index (κ3) is 2.52. The maximum absolute atomic E-state index is 11.5. The number of phenols is 1. The zero-order valence-electron chi connectivity index (χ0n) is 15.2. The van der Waals surface area contributed by atoms with Gasteiger partial charge in [-0.05, 0) is 89.2 Å². The van der Waals surface area contributed by atoms with E-state index in [1.165, 1.54) is 17.5 Å². The van der Waals surface area contributed by atoms with Crippen molar-refractivity contribution in [3.8, 4) is 5.75 Å². The molecule has 25 heavy (non-hydrogen) atoms. The van der Waals surface area contributed by atoms with Gasteiger partial charge in [-0.15, -0.1) is 0 Å². The van der Waals surface area contributed by atoms with Crippen molar-refractivity contribution in [2.45, 2.75) is 63.9 Å². The van der Waals surface area contributed by atoms with Crippen molar-refractivity contribution >= 4 is 22.6 Å². The number of phenolic OH excluding ortho intramolecular Hbond substituents is 1. The molecule has 3 aliphatic rings. The Morgan fingerprint density at radius 3 is 2.84 bits per heavy atom. The molecular formula is C22H29IO2. The largest absolute Gasteiger partial charge is 0.508 e. The van der Waals surface area contributed by atoms with Crippen LogP contribution in [-0.4, -0.2) is 15.8 Å². The van der Waals surface area contributed by atoms with Gasteiger partial charge in [0.25, 0.3) is 0 Å². The fourth-order valence-electron chi connectivity index (χ4n) is 6.68. The molecule has 1 aromatic rings. The summed E-state index contributed by atoms with van der Waals surface area (Å²) in [5, 5.41) is 21.3. The van der Waals surface area contributed by atoms with E-state index in [0.717, 1.165) is 32.1 Å². The summed E-state index contributed by atoms with van der Waals surface area (Å²) in [4.78, 5) is 0. The third-order valence-electron chi connectivity index (χ3n) is 7.91. The number of fused-ring (bicyclic) bond motifs is 5. The Hall–Kier alpha value is -0.550. The van der Waals surface area contributed by atoms with Gasteiger partial charge >= 0.3 is 0 Å². The van der Waals surface area contributed by atoms with Crippen LogP contribution in [0.4, 0.5) is 0 Å². The first kappa shape index (κ1) is 17.8. The number of aliphatic hydroxyl groups is 1. The number of rotatable bonds is 2. The van der Waals surface area contributed by atoms with Crippen molar-refractivity contribution in [1.29, 1.82) is 0 Å². The van der Waals surface area contributed by atoms with Crippen LogP contribution in [-0.2, 0) is 6.42 Å². The van der Waals surface area contributed by atoms with Gasteiger partial charge < -0.3 is 10.2 Å². The van der Waals surface area contributed by atoms with E-state index in [2.05, 4.69) is 48.6 Å². The molecule has 4 rings (SSSR count). The molecule has 3 aliphatic carbocycles. The lowest BCUT2D eigenvalue weighted by Crippen LogP contribution is -2.52. The predicted molar refractivity (Wildman–Crippen MR) is 110 cm³/mol. The maximum Gasteiger partial charge on any atom is 0.115 e. The minimum atomic E-state index is -0.646. The zero-order chi connectivity index (χ0) is 17.8.